The van der Waals surface area contributed by atoms with Crippen LogP contribution in [0, 0.1) is 0 Å². The Labute approximate surface area is 161 Å². The Morgan fingerprint density at radius 3 is 3.04 bits per heavy atom. The minimum atomic E-state index is -0.179. The second-order valence-corrected chi connectivity index (χ2v) is 6.77. The number of amides is 1. The highest BCUT2D eigenvalue weighted by atomic mass is 79.9. The third kappa shape index (κ3) is 4.86. The molecule has 26 heavy (non-hydrogen) atoms. The molecule has 1 aromatic carbocycles. The topological polar surface area (TPSA) is 123 Å². The number of hydrogen-bond acceptors (Lipinski definition) is 8. The van der Waals surface area contributed by atoms with Crippen molar-refractivity contribution >= 4 is 51.4 Å². The first-order valence-electron chi connectivity index (χ1n) is 7.33. The minimum Gasteiger partial charge on any atom is -0.463 e. The normalized spacial score (nSPS) is 11.0. The average molecular weight is 436 g/mol. The molecule has 3 rings (SSSR count). The molecule has 4 N–H and O–H groups in total. The summed E-state index contributed by atoms with van der Waals surface area (Å²) < 4.78 is 7.22. The van der Waals surface area contributed by atoms with Crippen LogP contribution >= 0.6 is 27.7 Å². The summed E-state index contributed by atoms with van der Waals surface area (Å²) in [5.41, 5.74) is 3.36. The van der Waals surface area contributed by atoms with Gasteiger partial charge in [-0.05, 0) is 30.3 Å². The maximum atomic E-state index is 12.0. The molecule has 0 bridgehead atoms. The zero-order valence-corrected chi connectivity index (χ0v) is 15.7. The number of benzene rings is 1. The van der Waals surface area contributed by atoms with Gasteiger partial charge in [0, 0.05) is 10.2 Å². The summed E-state index contributed by atoms with van der Waals surface area (Å²) in [5.74, 6) is 6.67. The number of rotatable bonds is 7. The van der Waals surface area contributed by atoms with Crippen LogP contribution in [-0.2, 0) is 4.79 Å². The summed E-state index contributed by atoms with van der Waals surface area (Å²) in [6.45, 7) is 0. The van der Waals surface area contributed by atoms with Crippen LogP contribution in [0.2, 0.25) is 0 Å². The number of anilines is 2. The second-order valence-electron chi connectivity index (χ2n) is 4.91. The number of carbonyl (C=O) groups excluding carboxylic acids is 1. The lowest BCUT2D eigenvalue weighted by Crippen LogP contribution is -2.16. The molecule has 2 aromatic heterocycles. The van der Waals surface area contributed by atoms with Gasteiger partial charge < -0.3 is 15.6 Å². The molecule has 9 nitrogen and oxygen atoms in total. The van der Waals surface area contributed by atoms with Gasteiger partial charge in [0.2, 0.25) is 11.1 Å². The van der Waals surface area contributed by atoms with E-state index < -0.39 is 0 Å². The fraction of sp³-hybridized carbons (Fsp3) is 0.0667. The van der Waals surface area contributed by atoms with E-state index >= 15 is 0 Å². The Hall–Kier alpha value is -2.79. The van der Waals surface area contributed by atoms with Crippen molar-refractivity contribution in [3.05, 3.63) is 52.9 Å². The number of thioether (sulfide) groups is 1. The zero-order valence-electron chi connectivity index (χ0n) is 13.3. The van der Waals surface area contributed by atoms with Crippen molar-refractivity contribution in [1.29, 1.82) is 0 Å². The SMILES string of the molecule is Nn1c(N/N=C/c2ccco2)nnc1SCC(=O)Nc1cccc(Br)c1. The maximum Gasteiger partial charge on any atom is 0.264 e. The van der Waals surface area contributed by atoms with Gasteiger partial charge in [-0.25, -0.2) is 10.1 Å². The standard InChI is InChI=1S/C15H14BrN7O2S/c16-10-3-1-4-11(7-10)19-13(24)9-26-15-22-21-14(23(15)17)20-18-8-12-5-2-6-25-12/h1-8H,9,17H2,(H,19,24)(H,20,21)/b18-8+. The number of aromatic nitrogens is 3. The number of carbonyl (C=O) groups is 1. The zero-order chi connectivity index (χ0) is 18.4. The molecule has 134 valence electrons. The first kappa shape index (κ1) is 18.0. The Bertz CT molecular complexity index is 911. The molecule has 1 amide bonds. The van der Waals surface area contributed by atoms with Gasteiger partial charge in [0.1, 0.15) is 5.76 Å². The first-order valence-corrected chi connectivity index (χ1v) is 9.11. The van der Waals surface area contributed by atoms with E-state index in [-0.39, 0.29) is 17.6 Å². The summed E-state index contributed by atoms with van der Waals surface area (Å²) in [4.78, 5) is 12.0. The smallest absolute Gasteiger partial charge is 0.264 e. The summed E-state index contributed by atoms with van der Waals surface area (Å²) in [7, 11) is 0. The molecule has 0 aliphatic carbocycles. The van der Waals surface area contributed by atoms with Crippen LogP contribution in [-0.4, -0.2) is 32.7 Å². The number of nitrogens with one attached hydrogen (secondary N) is 2. The lowest BCUT2D eigenvalue weighted by atomic mass is 10.3. The van der Waals surface area contributed by atoms with Crippen molar-refractivity contribution in [3.63, 3.8) is 0 Å². The van der Waals surface area contributed by atoms with E-state index in [0.29, 0.717) is 16.6 Å². The van der Waals surface area contributed by atoms with Gasteiger partial charge in [-0.2, -0.15) is 5.10 Å². The molecule has 2 heterocycles. The number of nitrogen functional groups attached to an aromatic ring is 1. The van der Waals surface area contributed by atoms with Crippen molar-refractivity contribution < 1.29 is 9.21 Å². The largest absolute Gasteiger partial charge is 0.463 e. The molecule has 0 saturated heterocycles. The molecule has 0 aliphatic rings. The number of nitrogens with zero attached hydrogens (tertiary/aromatic N) is 4. The Kier molecular flexibility index (Phi) is 5.92. The Morgan fingerprint density at radius 1 is 1.38 bits per heavy atom. The highest BCUT2D eigenvalue weighted by molar-refractivity contribution is 9.10. The average Bonchev–Trinajstić information content (AvgIpc) is 3.24. The molecule has 0 radical (unpaired) electrons. The summed E-state index contributed by atoms with van der Waals surface area (Å²) in [6.07, 6.45) is 3.02. The minimum absolute atomic E-state index is 0.136. The van der Waals surface area contributed by atoms with E-state index in [1.165, 1.54) is 10.9 Å². The molecule has 0 atom stereocenters. The molecular weight excluding hydrogens is 422 g/mol. The van der Waals surface area contributed by atoms with Crippen LogP contribution in [0.25, 0.3) is 0 Å². The highest BCUT2D eigenvalue weighted by Gasteiger charge is 2.12. The molecule has 0 spiro atoms. The van der Waals surface area contributed by atoms with Crippen molar-refractivity contribution in [3.8, 4) is 0 Å². The lowest BCUT2D eigenvalue weighted by Gasteiger charge is -2.05. The first-order chi connectivity index (χ1) is 12.6. The molecule has 11 heteroatoms. The molecule has 0 saturated carbocycles. The molecule has 0 unspecified atom stereocenters. The third-order valence-electron chi connectivity index (χ3n) is 3.00. The van der Waals surface area contributed by atoms with Gasteiger partial charge in [0.15, 0.2) is 0 Å². The fourth-order valence-electron chi connectivity index (χ4n) is 1.86. The lowest BCUT2D eigenvalue weighted by molar-refractivity contribution is -0.113. The Balaban J connectivity index is 1.52. The molecule has 0 fully saturated rings. The summed E-state index contributed by atoms with van der Waals surface area (Å²) >= 11 is 4.52. The van der Waals surface area contributed by atoms with Crippen LogP contribution in [0.1, 0.15) is 5.76 Å². The van der Waals surface area contributed by atoms with Gasteiger partial charge in [-0.3, -0.25) is 4.79 Å². The van der Waals surface area contributed by atoms with Gasteiger partial charge in [0.25, 0.3) is 5.95 Å². The van der Waals surface area contributed by atoms with E-state index in [1.54, 1.807) is 24.5 Å². The number of furan rings is 1. The third-order valence-corrected chi connectivity index (χ3v) is 4.44. The van der Waals surface area contributed by atoms with Gasteiger partial charge >= 0.3 is 0 Å². The summed E-state index contributed by atoms with van der Waals surface area (Å²) in [5, 5.41) is 14.9. The van der Waals surface area contributed by atoms with Crippen molar-refractivity contribution in [1.82, 2.24) is 14.9 Å². The monoisotopic (exact) mass is 435 g/mol. The van der Waals surface area contributed by atoms with Crippen LogP contribution in [0.4, 0.5) is 11.6 Å². The number of hydrazone groups is 1. The van der Waals surface area contributed by atoms with Gasteiger partial charge in [-0.15, -0.1) is 10.2 Å². The van der Waals surface area contributed by atoms with E-state index in [0.717, 1.165) is 16.2 Å². The van der Waals surface area contributed by atoms with E-state index in [1.807, 2.05) is 18.2 Å². The van der Waals surface area contributed by atoms with E-state index in [9.17, 15) is 4.79 Å². The van der Waals surface area contributed by atoms with Crippen molar-refractivity contribution in [2.75, 3.05) is 22.3 Å². The molecule has 0 aliphatic heterocycles. The number of halogens is 1. The van der Waals surface area contributed by atoms with Crippen LogP contribution in [0.5, 0.6) is 0 Å². The van der Waals surface area contributed by atoms with Crippen LogP contribution in [0.3, 0.4) is 0 Å². The van der Waals surface area contributed by atoms with Crippen molar-refractivity contribution in [2.45, 2.75) is 5.16 Å². The molecular formula is C15H14BrN7O2S. The van der Waals surface area contributed by atoms with Crippen LogP contribution in [0.15, 0.2) is 61.8 Å². The number of hydrogen-bond donors (Lipinski definition) is 3. The fourth-order valence-corrected chi connectivity index (χ4v) is 2.92. The predicted molar refractivity (Wildman–Crippen MR) is 104 cm³/mol. The molecule has 3 aromatic rings. The van der Waals surface area contributed by atoms with Gasteiger partial charge in [0.05, 0.1) is 18.2 Å². The maximum absolute atomic E-state index is 12.0. The number of nitrogens with two attached hydrogens (primary N) is 1. The highest BCUT2D eigenvalue weighted by Crippen LogP contribution is 2.19. The summed E-state index contributed by atoms with van der Waals surface area (Å²) in [6, 6.07) is 10.8. The van der Waals surface area contributed by atoms with Crippen LogP contribution < -0.4 is 16.6 Å². The van der Waals surface area contributed by atoms with E-state index in [4.69, 9.17) is 10.3 Å². The Morgan fingerprint density at radius 2 is 2.27 bits per heavy atom. The van der Waals surface area contributed by atoms with E-state index in [2.05, 4.69) is 42.0 Å². The predicted octanol–water partition coefficient (Wildman–Crippen LogP) is 2.52. The van der Waals surface area contributed by atoms with Gasteiger partial charge in [-0.1, -0.05) is 33.8 Å². The van der Waals surface area contributed by atoms with Crippen molar-refractivity contribution in [2.24, 2.45) is 5.10 Å². The second kappa shape index (κ2) is 8.54. The quantitative estimate of drug-likeness (QED) is 0.225.